The lowest BCUT2D eigenvalue weighted by atomic mass is 9.80. The third-order valence-corrected chi connectivity index (χ3v) is 10.2. The molecule has 0 saturated heterocycles. The smallest absolute Gasteiger partial charge is 0.335 e. The van der Waals surface area contributed by atoms with Crippen molar-refractivity contribution in [1.82, 2.24) is 0 Å². The second kappa shape index (κ2) is 39.5. The normalized spacial score (nSPS) is 14.3. The Morgan fingerprint density at radius 1 is 0.471 bits per heavy atom. The van der Waals surface area contributed by atoms with Crippen LogP contribution in [-0.2, 0) is 71.9 Å². The van der Waals surface area contributed by atoms with Gasteiger partial charge in [0.05, 0.1) is 12.2 Å². The molecular weight excluding hydrogens is 1160 g/mol. The number of ketones is 10. The standard InChI is InChI=1S/C20H14O5.C6H12O6.C6H10O6.C6H8O6.C6H6O6.C6H4O6/c21-11-5-7-15-17(9-11)25-18-10-12(22)6-8-16(18)19(15)13-3-1-2-4-14(13)20(23)24;5*7-1-3(9)5(11)6(12)4(10)2-8/h1-10,19,21-22H,(H,23,24);1,3-6,8-12H,2H2;1,3,5-6,8-9,11-12H,2H2;1,3,5,8-9,11H,2H2;1,3,8-9H,2H2;1,8H,2H2/t;3-,4+,5+,6+;3-,5+,6+;3-,5+;3-;/m.0000./s1. The minimum atomic E-state index is -2.12. The van der Waals surface area contributed by atoms with Crippen molar-refractivity contribution in [2.45, 2.75) is 67.0 Å². The predicted octanol–water partition coefficient (Wildman–Crippen LogP) is -10.7. The van der Waals surface area contributed by atoms with Crippen molar-refractivity contribution in [2.24, 2.45) is 0 Å². The fourth-order valence-corrected chi connectivity index (χ4v) is 5.68. The first-order chi connectivity index (χ1) is 39.7. The Morgan fingerprint density at radius 3 is 1.32 bits per heavy atom. The summed E-state index contributed by atoms with van der Waals surface area (Å²) in [6.45, 7) is -5.04. The van der Waals surface area contributed by atoms with Crippen LogP contribution in [0.4, 0.5) is 0 Å². The fourth-order valence-electron chi connectivity index (χ4n) is 5.68. The van der Waals surface area contributed by atoms with Gasteiger partial charge in [0.15, 0.2) is 49.4 Å². The van der Waals surface area contributed by atoms with Gasteiger partial charge in [0.1, 0.15) is 98.3 Å². The first kappa shape index (κ1) is 78.0. The lowest BCUT2D eigenvalue weighted by molar-refractivity contribution is -0.149. The number of Topliss-reactive ketones (excluding diaryl/α,β-unsaturated/α-hetero) is 10. The van der Waals surface area contributed by atoms with Crippen LogP contribution in [-0.4, -0.2) is 281 Å². The third-order valence-electron chi connectivity index (χ3n) is 10.2. The number of aromatic hydroxyl groups is 2. The van der Waals surface area contributed by atoms with E-state index in [4.69, 9.17) is 81.3 Å². The van der Waals surface area contributed by atoms with E-state index in [0.717, 1.165) is 11.1 Å². The number of aldehydes is 5. The van der Waals surface area contributed by atoms with Gasteiger partial charge in [-0.2, -0.15) is 0 Å². The molecule has 0 radical (unpaired) electrons. The molecule has 4 rings (SSSR count). The number of rotatable bonds is 27. The molecule has 1 heterocycles. The van der Waals surface area contributed by atoms with E-state index >= 15 is 0 Å². The Hall–Kier alpha value is -9.02. The zero-order valence-corrected chi connectivity index (χ0v) is 43.0. The van der Waals surface area contributed by atoms with Gasteiger partial charge in [-0.05, 0) is 23.8 Å². The van der Waals surface area contributed by atoms with E-state index < -0.39 is 158 Å². The summed E-state index contributed by atoms with van der Waals surface area (Å²) in [7, 11) is 0. The van der Waals surface area contributed by atoms with Gasteiger partial charge in [-0.3, -0.25) is 57.5 Å². The number of fused-ring (bicyclic) bond motifs is 2. The maximum atomic E-state index is 11.7. The summed E-state index contributed by atoms with van der Waals surface area (Å²) < 4.78 is 5.82. The molecule has 0 aromatic heterocycles. The number of aliphatic hydroxyl groups is 15. The highest BCUT2D eigenvalue weighted by atomic mass is 16.5. The molecule has 0 saturated carbocycles. The number of ether oxygens (including phenoxy) is 1. The van der Waals surface area contributed by atoms with E-state index in [-0.39, 0.29) is 54.4 Å². The van der Waals surface area contributed by atoms with Crippen molar-refractivity contribution < 1.29 is 173 Å². The molecular formula is C50H54O35. The van der Waals surface area contributed by atoms with Crippen LogP contribution >= 0.6 is 0 Å². The number of aromatic carboxylic acids is 1. The number of phenols is 2. The highest BCUT2D eigenvalue weighted by Gasteiger charge is 2.34. The van der Waals surface area contributed by atoms with Crippen molar-refractivity contribution in [1.29, 1.82) is 0 Å². The van der Waals surface area contributed by atoms with E-state index in [9.17, 15) is 92.0 Å². The van der Waals surface area contributed by atoms with Crippen LogP contribution in [0.5, 0.6) is 23.0 Å². The number of carboxylic acid groups (broad SMARTS) is 1. The molecule has 18 N–H and O–H groups in total. The van der Waals surface area contributed by atoms with Crippen LogP contribution in [0.3, 0.4) is 0 Å². The van der Waals surface area contributed by atoms with Crippen LogP contribution in [0.15, 0.2) is 60.7 Å². The second-order valence-corrected chi connectivity index (χ2v) is 16.0. The third kappa shape index (κ3) is 24.4. The van der Waals surface area contributed by atoms with Gasteiger partial charge in [0.2, 0.25) is 28.9 Å². The van der Waals surface area contributed by atoms with E-state index in [1.807, 2.05) is 0 Å². The summed E-state index contributed by atoms with van der Waals surface area (Å²) in [5, 5.41) is 157. The fraction of sp³-hybridized carbons (Fsp3) is 0.320. The van der Waals surface area contributed by atoms with Gasteiger partial charge in [-0.1, -0.05) is 30.3 Å². The molecule has 1 aliphatic rings. The first-order valence-electron chi connectivity index (χ1n) is 22.9. The minimum absolute atomic E-state index is 0.0153. The SMILES string of the molecule is O=C(O)c1ccccc1C1c2ccc(O)cc2Oc2cc(O)ccc21.O=CC(=O)C(=O)C(=O)C(=O)CO.O=C[C@H](O)C(=O)C(=O)C(=O)CO.O=C[C@H](O)[C@@H](O)C(=O)C(=O)CO.O=C[C@H](O)[C@@H](O)[C@H](O)C(=O)CO.O=C[C@H](O)[C@@H](O)[C@H](O)[C@H](O)CO. The summed E-state index contributed by atoms with van der Waals surface area (Å²) in [5.74, 6) is -14.9. The van der Waals surface area contributed by atoms with Gasteiger partial charge in [0.25, 0.3) is 23.1 Å². The highest BCUT2D eigenvalue weighted by molar-refractivity contribution is 6.84. The Bertz CT molecular complexity index is 2820. The summed E-state index contributed by atoms with van der Waals surface area (Å²) >= 11 is 0. The molecule has 0 bridgehead atoms. The number of aliphatic hydroxyl groups excluding tert-OH is 15. The number of carbonyl (C=O) groups is 16. The molecule has 85 heavy (non-hydrogen) atoms. The molecule has 3 aromatic carbocycles. The molecule has 10 atom stereocenters. The van der Waals surface area contributed by atoms with Crippen LogP contribution in [0.25, 0.3) is 0 Å². The van der Waals surface area contributed by atoms with E-state index in [1.165, 1.54) is 12.1 Å². The summed E-state index contributed by atoms with van der Waals surface area (Å²) in [6.07, 6.45) is -19.2. The first-order valence-corrected chi connectivity index (χ1v) is 22.9. The molecule has 464 valence electrons. The Labute approximate surface area is 473 Å². The number of benzene rings is 3. The molecule has 0 spiro atoms. The average molecular weight is 1210 g/mol. The lowest BCUT2D eigenvalue weighted by Gasteiger charge is -2.29. The molecule has 35 heteroatoms. The van der Waals surface area contributed by atoms with Crippen molar-refractivity contribution in [3.05, 3.63) is 82.9 Å². The van der Waals surface area contributed by atoms with Gasteiger partial charge in [-0.15, -0.1) is 0 Å². The minimum Gasteiger partial charge on any atom is -0.508 e. The zero-order chi connectivity index (χ0) is 66.2. The number of hydrogen-bond donors (Lipinski definition) is 18. The molecule has 3 aromatic rings. The van der Waals surface area contributed by atoms with Gasteiger partial charge < -0.3 is 111 Å². The number of carboxylic acids is 1. The van der Waals surface area contributed by atoms with Crippen LogP contribution in [0.2, 0.25) is 0 Å². The Kier molecular flexibility index (Phi) is 36.2. The quantitative estimate of drug-likeness (QED) is 0.0150. The Morgan fingerprint density at radius 2 is 0.918 bits per heavy atom. The highest BCUT2D eigenvalue weighted by Crippen LogP contribution is 2.49. The molecule has 0 fully saturated rings. The number of phenolic OH excluding ortho intramolecular Hbond substituents is 2. The monoisotopic (exact) mass is 1210 g/mol. The van der Waals surface area contributed by atoms with Crippen molar-refractivity contribution in [3.8, 4) is 23.0 Å². The molecule has 1 aliphatic heterocycles. The molecule has 35 nitrogen and oxygen atoms in total. The van der Waals surface area contributed by atoms with Crippen LogP contribution in [0, 0.1) is 0 Å². The second-order valence-electron chi connectivity index (χ2n) is 16.0. The molecule has 0 unspecified atom stereocenters. The zero-order valence-electron chi connectivity index (χ0n) is 43.0. The van der Waals surface area contributed by atoms with Gasteiger partial charge >= 0.3 is 5.97 Å². The van der Waals surface area contributed by atoms with E-state index in [0.29, 0.717) is 17.1 Å². The van der Waals surface area contributed by atoms with Crippen molar-refractivity contribution in [2.75, 3.05) is 33.0 Å². The van der Waals surface area contributed by atoms with Gasteiger partial charge in [0, 0.05) is 29.2 Å². The molecule has 0 amide bonds. The van der Waals surface area contributed by atoms with E-state index in [2.05, 4.69) is 0 Å². The Balaban J connectivity index is 0. The van der Waals surface area contributed by atoms with E-state index in [1.54, 1.807) is 48.5 Å². The number of carbonyl (C=O) groups excluding carboxylic acids is 15. The number of hydrogen-bond acceptors (Lipinski definition) is 34. The van der Waals surface area contributed by atoms with Crippen molar-refractivity contribution in [3.63, 3.8) is 0 Å². The maximum Gasteiger partial charge on any atom is 0.335 e. The molecule has 0 aliphatic carbocycles. The summed E-state index contributed by atoms with van der Waals surface area (Å²) in [6, 6.07) is 16.3. The largest absolute Gasteiger partial charge is 0.508 e. The van der Waals surface area contributed by atoms with Crippen molar-refractivity contribution >= 4 is 95.2 Å². The predicted molar refractivity (Wildman–Crippen MR) is 267 cm³/mol. The lowest BCUT2D eigenvalue weighted by Crippen LogP contribution is -2.46. The summed E-state index contributed by atoms with van der Waals surface area (Å²) in [4.78, 5) is 165. The van der Waals surface area contributed by atoms with Gasteiger partial charge in [-0.25, -0.2) is 4.79 Å². The topological polar surface area (TPSA) is 646 Å². The summed E-state index contributed by atoms with van der Waals surface area (Å²) in [5.41, 5.74) is 2.33. The van der Waals surface area contributed by atoms with Crippen LogP contribution < -0.4 is 4.74 Å². The van der Waals surface area contributed by atoms with Crippen LogP contribution in [0.1, 0.15) is 33.0 Å². The average Bonchev–Trinajstić information content (AvgIpc) is 2.13. The maximum absolute atomic E-state index is 11.7.